The summed E-state index contributed by atoms with van der Waals surface area (Å²) in [5.41, 5.74) is 5.29. The predicted octanol–water partition coefficient (Wildman–Crippen LogP) is 0.684. The van der Waals surface area contributed by atoms with Crippen LogP contribution in [0.1, 0.15) is 20.3 Å². The molecule has 2 nitrogen and oxygen atoms in total. The Balaban J connectivity index is 0. The van der Waals surface area contributed by atoms with Crippen molar-refractivity contribution in [1.29, 1.82) is 0 Å². The minimum absolute atomic E-state index is 0. The number of hydrogen-bond acceptors (Lipinski definition) is 2. The highest BCUT2D eigenvalue weighted by Gasteiger charge is 2.07. The summed E-state index contributed by atoms with van der Waals surface area (Å²) < 4.78 is 0. The maximum atomic E-state index is 8.32. The first-order chi connectivity index (χ1) is 3.06. The van der Waals surface area contributed by atoms with Crippen LogP contribution < -0.4 is 5.73 Å². The van der Waals surface area contributed by atoms with E-state index in [1.807, 2.05) is 13.8 Å². The molecule has 0 radical (unpaired) electrons. The van der Waals surface area contributed by atoms with Crippen molar-refractivity contribution in [1.82, 2.24) is 0 Å². The molecule has 0 aromatic heterocycles. The summed E-state index contributed by atoms with van der Waals surface area (Å²) in [5, 5.41) is 8.32. The van der Waals surface area contributed by atoms with Crippen molar-refractivity contribution < 1.29 is 5.11 Å². The van der Waals surface area contributed by atoms with Gasteiger partial charge in [-0.05, 0) is 20.3 Å². The molecule has 0 fully saturated rings. The number of hydrogen-bond donors (Lipinski definition) is 2. The monoisotopic (exact) mass is 183 g/mol. The summed E-state index contributed by atoms with van der Waals surface area (Å²) in [6, 6.07) is 0. The molecule has 0 aromatic rings. The van der Waals surface area contributed by atoms with Crippen LogP contribution in [0.25, 0.3) is 0 Å². The summed E-state index contributed by atoms with van der Waals surface area (Å²) in [7, 11) is 0. The normalized spacial score (nSPS) is 10.5. The van der Waals surface area contributed by atoms with E-state index >= 15 is 0 Å². The first-order valence-corrected chi connectivity index (χ1v) is 2.46. The molecule has 3 N–H and O–H groups in total. The van der Waals surface area contributed by atoms with Crippen molar-refractivity contribution in [3.8, 4) is 0 Å². The second-order valence-electron chi connectivity index (χ2n) is 2.46. The van der Waals surface area contributed by atoms with E-state index in [9.17, 15) is 0 Å². The average Bonchev–Trinajstić information content (AvgIpc) is 1.30. The minimum atomic E-state index is -0.200. The van der Waals surface area contributed by atoms with Gasteiger partial charge in [-0.3, -0.25) is 0 Å². The van der Waals surface area contributed by atoms with Gasteiger partial charge < -0.3 is 10.8 Å². The lowest BCUT2D eigenvalue weighted by molar-refractivity contribution is 0.254. The Labute approximate surface area is 60.8 Å². The summed E-state index contributed by atoms with van der Waals surface area (Å²) in [6.07, 6.45) is 0.674. The zero-order valence-electron chi connectivity index (χ0n) is 5.35. The largest absolute Gasteiger partial charge is 0.396 e. The molecule has 0 aromatic carbocycles. The fraction of sp³-hybridized carbons (Fsp3) is 1.00. The van der Waals surface area contributed by atoms with Crippen LogP contribution in [0, 0.1) is 0 Å². The Bertz CT molecular complexity index is 50.9. The Kier molecular flexibility index (Phi) is 6.03. The Morgan fingerprint density at radius 1 is 1.50 bits per heavy atom. The van der Waals surface area contributed by atoms with Gasteiger partial charge in [-0.2, -0.15) is 0 Å². The van der Waals surface area contributed by atoms with E-state index in [4.69, 9.17) is 10.8 Å². The van der Waals surface area contributed by atoms with Gasteiger partial charge >= 0.3 is 0 Å². The first kappa shape index (κ1) is 11.2. The third kappa shape index (κ3) is 9.64. The topological polar surface area (TPSA) is 46.2 Å². The Hall–Kier alpha value is 0.400. The molecule has 0 aliphatic carbocycles. The summed E-state index contributed by atoms with van der Waals surface area (Å²) in [4.78, 5) is 0. The summed E-state index contributed by atoms with van der Waals surface area (Å²) >= 11 is 0. The third-order valence-corrected chi connectivity index (χ3v) is 0.756. The van der Waals surface area contributed by atoms with E-state index in [0.29, 0.717) is 6.42 Å². The van der Waals surface area contributed by atoms with E-state index in [-0.39, 0.29) is 29.1 Å². The molecule has 0 rings (SSSR count). The predicted molar refractivity (Wildman–Crippen MR) is 40.3 cm³/mol. The molecule has 0 saturated carbocycles. The van der Waals surface area contributed by atoms with Crippen molar-refractivity contribution >= 4 is 17.0 Å². The van der Waals surface area contributed by atoms with Crippen LogP contribution in [0.5, 0.6) is 0 Å². The van der Waals surface area contributed by atoms with Crippen LogP contribution in [0.4, 0.5) is 0 Å². The number of aliphatic hydroxyl groups excluding tert-OH is 1. The molecular weight excluding hydrogens is 170 g/mol. The maximum absolute atomic E-state index is 8.32. The van der Waals surface area contributed by atoms with Crippen LogP contribution in [-0.2, 0) is 0 Å². The van der Waals surface area contributed by atoms with Crippen LogP contribution in [0.15, 0.2) is 0 Å². The van der Waals surface area contributed by atoms with Gasteiger partial charge in [0, 0.05) is 12.1 Å². The molecule has 0 amide bonds. The number of aliphatic hydroxyl groups is 1. The number of rotatable bonds is 2. The first-order valence-electron chi connectivity index (χ1n) is 2.46. The Morgan fingerprint density at radius 3 is 1.88 bits per heavy atom. The number of nitrogens with two attached hydrogens (primary N) is 1. The third-order valence-electron chi connectivity index (χ3n) is 0.756. The molecule has 52 valence electrons. The van der Waals surface area contributed by atoms with Crippen molar-refractivity contribution in [3.05, 3.63) is 0 Å². The molecule has 0 saturated heterocycles. The molecule has 3 heteroatoms. The van der Waals surface area contributed by atoms with Crippen molar-refractivity contribution in [3.63, 3.8) is 0 Å². The maximum Gasteiger partial charge on any atom is 0.0448 e. The second kappa shape index (κ2) is 4.30. The van der Waals surface area contributed by atoms with E-state index in [2.05, 4.69) is 0 Å². The molecule has 0 heterocycles. The van der Waals surface area contributed by atoms with Crippen LogP contribution in [0.3, 0.4) is 0 Å². The van der Waals surface area contributed by atoms with Crippen molar-refractivity contribution in [2.75, 3.05) is 6.61 Å². The second-order valence-corrected chi connectivity index (χ2v) is 2.46. The molecule has 0 aliphatic heterocycles. The average molecular weight is 184 g/mol. The highest BCUT2D eigenvalue weighted by molar-refractivity contribution is 8.93. The van der Waals surface area contributed by atoms with Gasteiger partial charge in [0.15, 0.2) is 0 Å². The van der Waals surface area contributed by atoms with Crippen molar-refractivity contribution in [2.24, 2.45) is 5.73 Å². The van der Waals surface area contributed by atoms with Gasteiger partial charge in [0.05, 0.1) is 0 Å². The molecule has 0 unspecified atom stereocenters. The standard InChI is InChI=1S/C5H13NO.BrH/c1-5(2,6)3-4-7;/h7H,3-4,6H2,1-2H3;1H. The number of halogens is 1. The van der Waals surface area contributed by atoms with Crippen LogP contribution in [0.2, 0.25) is 0 Å². The highest BCUT2D eigenvalue weighted by atomic mass is 79.9. The molecular formula is C5H14BrNO. The lowest BCUT2D eigenvalue weighted by Crippen LogP contribution is -2.32. The van der Waals surface area contributed by atoms with E-state index < -0.39 is 0 Å². The molecule has 0 bridgehead atoms. The lowest BCUT2D eigenvalue weighted by Gasteiger charge is -2.15. The van der Waals surface area contributed by atoms with Gasteiger partial charge in [-0.15, -0.1) is 17.0 Å². The zero-order chi connectivity index (χ0) is 5.91. The van der Waals surface area contributed by atoms with Gasteiger partial charge in [0.2, 0.25) is 0 Å². The van der Waals surface area contributed by atoms with E-state index in [0.717, 1.165) is 0 Å². The van der Waals surface area contributed by atoms with Crippen LogP contribution in [-0.4, -0.2) is 17.3 Å². The summed E-state index contributed by atoms with van der Waals surface area (Å²) in [6.45, 7) is 3.97. The van der Waals surface area contributed by atoms with Gasteiger partial charge in [-0.1, -0.05) is 0 Å². The molecule has 0 spiro atoms. The quantitative estimate of drug-likeness (QED) is 0.662. The van der Waals surface area contributed by atoms with Gasteiger partial charge in [0.25, 0.3) is 0 Å². The van der Waals surface area contributed by atoms with Crippen LogP contribution >= 0.6 is 17.0 Å². The van der Waals surface area contributed by atoms with Gasteiger partial charge in [0.1, 0.15) is 0 Å². The van der Waals surface area contributed by atoms with Gasteiger partial charge in [-0.25, -0.2) is 0 Å². The molecule has 0 atom stereocenters. The zero-order valence-corrected chi connectivity index (χ0v) is 7.06. The lowest BCUT2D eigenvalue weighted by atomic mass is 10.0. The smallest absolute Gasteiger partial charge is 0.0448 e. The fourth-order valence-corrected chi connectivity index (χ4v) is 0.288. The summed E-state index contributed by atoms with van der Waals surface area (Å²) in [5.74, 6) is 0. The fourth-order valence-electron chi connectivity index (χ4n) is 0.288. The molecule has 8 heavy (non-hydrogen) atoms. The SMILES string of the molecule is Br.CC(C)(N)CCO. The minimum Gasteiger partial charge on any atom is -0.396 e. The van der Waals surface area contributed by atoms with E-state index in [1.54, 1.807) is 0 Å². The van der Waals surface area contributed by atoms with Crippen molar-refractivity contribution in [2.45, 2.75) is 25.8 Å². The molecule has 0 aliphatic rings. The highest BCUT2D eigenvalue weighted by Crippen LogP contribution is 1.99. The Morgan fingerprint density at radius 2 is 1.88 bits per heavy atom. The van der Waals surface area contributed by atoms with E-state index in [1.165, 1.54) is 0 Å².